The van der Waals surface area contributed by atoms with Crippen LogP contribution in [0.25, 0.3) is 0 Å². The molecule has 11 heteroatoms. The maximum absolute atomic E-state index is 14.5. The molecule has 0 spiro atoms. The first-order valence-electron chi connectivity index (χ1n) is 14.4. The van der Waals surface area contributed by atoms with Crippen molar-refractivity contribution in [2.75, 3.05) is 18.8 Å². The zero-order valence-electron chi connectivity index (χ0n) is 24.2. The number of nitrogen functional groups attached to an aromatic ring is 1. The lowest BCUT2D eigenvalue weighted by atomic mass is 9.64. The van der Waals surface area contributed by atoms with Gasteiger partial charge in [-0.25, -0.2) is 4.39 Å². The van der Waals surface area contributed by atoms with Gasteiger partial charge in [-0.1, -0.05) is 36.9 Å². The molecular formula is C33H34FN5O4S. The molecule has 3 aromatic carbocycles. The molecule has 0 bridgehead atoms. The number of nitrogens with two attached hydrogens (primary N) is 3. The number of thioether (sulfide) groups is 1. The van der Waals surface area contributed by atoms with Gasteiger partial charge in [0.05, 0.1) is 17.8 Å². The quantitative estimate of drug-likeness (QED) is 0.243. The molecule has 4 unspecified atom stereocenters. The molecule has 1 fully saturated rings. The summed E-state index contributed by atoms with van der Waals surface area (Å²) in [6.45, 7) is 5.43. The minimum absolute atomic E-state index is 0.0555. The van der Waals surface area contributed by atoms with Crippen molar-refractivity contribution in [1.29, 1.82) is 0 Å². The molecular weight excluding hydrogens is 581 g/mol. The van der Waals surface area contributed by atoms with Crippen molar-refractivity contribution in [3.05, 3.63) is 95.6 Å². The number of benzene rings is 3. The van der Waals surface area contributed by atoms with Crippen molar-refractivity contribution >= 4 is 35.0 Å². The van der Waals surface area contributed by atoms with Crippen LogP contribution in [-0.2, 0) is 19.9 Å². The highest BCUT2D eigenvalue weighted by Gasteiger charge is 2.57. The van der Waals surface area contributed by atoms with Crippen molar-refractivity contribution < 1.29 is 23.5 Å². The number of rotatable bonds is 6. The van der Waals surface area contributed by atoms with Crippen LogP contribution in [0.15, 0.2) is 78.2 Å². The molecule has 3 aliphatic rings. The van der Waals surface area contributed by atoms with Crippen molar-refractivity contribution in [3.8, 4) is 11.5 Å². The van der Waals surface area contributed by atoms with E-state index in [1.165, 1.54) is 16.7 Å². The van der Waals surface area contributed by atoms with E-state index in [2.05, 4.69) is 11.9 Å². The van der Waals surface area contributed by atoms with Gasteiger partial charge in [-0.15, -0.1) is 11.8 Å². The van der Waals surface area contributed by atoms with Crippen LogP contribution in [0.1, 0.15) is 34.6 Å². The predicted molar refractivity (Wildman–Crippen MR) is 167 cm³/mol. The number of carbonyl (C=O) groups excluding carboxylic acids is 3. The third kappa shape index (κ3) is 4.94. The zero-order valence-corrected chi connectivity index (χ0v) is 25.0. The number of likely N-dealkylation sites (tertiary alicyclic amines) is 1. The number of Topliss-reactive ketones (excluding diaryl/α,β-unsaturated/α-hetero) is 1. The fraction of sp³-hybridized carbons (Fsp3) is 0.303. The molecule has 1 aliphatic carbocycles. The predicted octanol–water partition coefficient (Wildman–Crippen LogP) is 3.28. The maximum atomic E-state index is 14.5. The lowest BCUT2D eigenvalue weighted by Crippen LogP contribution is -2.61. The number of hydrogen-bond donors (Lipinski definition) is 4. The van der Waals surface area contributed by atoms with Crippen molar-refractivity contribution in [3.63, 3.8) is 0 Å². The second-order valence-electron chi connectivity index (χ2n) is 11.6. The Morgan fingerprint density at radius 3 is 2.55 bits per heavy atom. The van der Waals surface area contributed by atoms with Crippen LogP contribution in [0, 0.1) is 6.92 Å². The van der Waals surface area contributed by atoms with E-state index in [1.54, 1.807) is 24.3 Å². The first-order chi connectivity index (χ1) is 21.0. The van der Waals surface area contributed by atoms with Crippen LogP contribution in [0.2, 0.25) is 0 Å². The van der Waals surface area contributed by atoms with Crippen molar-refractivity contribution in [2.24, 2.45) is 11.5 Å². The van der Waals surface area contributed by atoms with Crippen molar-refractivity contribution in [2.45, 2.75) is 53.2 Å². The van der Waals surface area contributed by atoms with E-state index >= 15 is 0 Å². The van der Waals surface area contributed by atoms with E-state index in [0.29, 0.717) is 38.8 Å². The number of ether oxygens (including phenoxy) is 1. The third-order valence-electron chi connectivity index (χ3n) is 8.73. The van der Waals surface area contributed by atoms with Crippen LogP contribution in [0.3, 0.4) is 0 Å². The molecule has 3 aromatic rings. The Morgan fingerprint density at radius 2 is 1.84 bits per heavy atom. The lowest BCUT2D eigenvalue weighted by Gasteiger charge is -2.42. The Kier molecular flexibility index (Phi) is 7.73. The summed E-state index contributed by atoms with van der Waals surface area (Å²) in [6.07, 6.45) is -0.102. The number of para-hydroxylation sites is 1. The lowest BCUT2D eigenvalue weighted by molar-refractivity contribution is -0.131. The number of aryl methyl sites for hydroxylation is 1. The SMILES string of the molecule is C=CC(=O)N1C[C@H](F)C[C@@H](NC(=O)C2Sc3c(N)ccc4c3C2C(N)C(=O)C4(N)c2ccc(Oc3ccccc3)cc2C)C1. The highest BCUT2D eigenvalue weighted by atomic mass is 32.2. The summed E-state index contributed by atoms with van der Waals surface area (Å²) in [7, 11) is 0. The molecule has 6 rings (SSSR count). The minimum Gasteiger partial charge on any atom is -0.457 e. The van der Waals surface area contributed by atoms with Gasteiger partial charge in [0, 0.05) is 35.5 Å². The Labute approximate surface area is 259 Å². The number of halogens is 1. The zero-order chi connectivity index (χ0) is 31.3. The standard InChI is InChI=1S/C33H34FN5O4S/c1-3-25(40)39-15-18(34)14-19(16-39)38-32(42)30-27-26-23(11-12-24(35)29(26)44-30)33(37,31(41)28(27)36)22-10-9-21(13-17(22)2)43-20-7-5-4-6-8-20/h3-13,18-19,27-28,30H,1,14-16,35-37H2,2H3,(H,38,42)/t18-,19-,27?,28?,30?,33?/m1/s1. The van der Waals surface area contributed by atoms with E-state index in [1.807, 2.05) is 43.3 Å². The topological polar surface area (TPSA) is 154 Å². The average molecular weight is 616 g/mol. The van der Waals surface area contributed by atoms with Gasteiger partial charge >= 0.3 is 0 Å². The fourth-order valence-corrected chi connectivity index (χ4v) is 8.15. The number of nitrogens with zero attached hydrogens (tertiary/aromatic N) is 1. The molecule has 6 atom stereocenters. The van der Waals surface area contributed by atoms with Crippen LogP contribution in [0.4, 0.5) is 10.1 Å². The highest BCUT2D eigenvalue weighted by molar-refractivity contribution is 8.01. The number of amides is 2. The number of hydrogen-bond acceptors (Lipinski definition) is 8. The normalized spacial score (nSPS) is 27.4. The van der Waals surface area contributed by atoms with Gasteiger partial charge in [0.25, 0.3) is 0 Å². The molecule has 0 saturated carbocycles. The molecule has 44 heavy (non-hydrogen) atoms. The maximum Gasteiger partial charge on any atom is 0.246 e. The number of ketones is 1. The van der Waals surface area contributed by atoms with E-state index in [0.717, 1.165) is 11.6 Å². The second-order valence-corrected chi connectivity index (χ2v) is 12.7. The fourth-order valence-electron chi connectivity index (χ4n) is 6.70. The molecule has 7 N–H and O–H groups in total. The molecule has 1 saturated heterocycles. The summed E-state index contributed by atoms with van der Waals surface area (Å²) in [4.78, 5) is 42.1. The van der Waals surface area contributed by atoms with Crippen molar-refractivity contribution in [1.82, 2.24) is 10.2 Å². The van der Waals surface area contributed by atoms with Gasteiger partial charge < -0.3 is 32.2 Å². The van der Waals surface area contributed by atoms with Crippen LogP contribution in [0.5, 0.6) is 11.5 Å². The molecule has 0 aromatic heterocycles. The van der Waals surface area contributed by atoms with Crippen LogP contribution in [-0.4, -0.2) is 59.1 Å². The first-order valence-corrected chi connectivity index (χ1v) is 15.3. The Morgan fingerprint density at radius 1 is 1.11 bits per heavy atom. The molecule has 228 valence electrons. The first kappa shape index (κ1) is 29.9. The summed E-state index contributed by atoms with van der Waals surface area (Å²) in [6, 6.07) is 16.4. The Balaban J connectivity index is 1.32. The van der Waals surface area contributed by atoms with Gasteiger partial charge in [-0.3, -0.25) is 14.4 Å². The summed E-state index contributed by atoms with van der Waals surface area (Å²) in [5.74, 6) is -0.662. The molecule has 2 amide bonds. The van der Waals surface area contributed by atoms with Crippen LogP contribution >= 0.6 is 11.8 Å². The highest BCUT2D eigenvalue weighted by Crippen LogP contribution is 2.56. The smallest absolute Gasteiger partial charge is 0.246 e. The van der Waals surface area contributed by atoms with Gasteiger partial charge in [0.2, 0.25) is 11.8 Å². The largest absolute Gasteiger partial charge is 0.457 e. The minimum atomic E-state index is -1.59. The van der Waals surface area contributed by atoms with E-state index in [9.17, 15) is 18.8 Å². The summed E-state index contributed by atoms with van der Waals surface area (Å²) in [5.41, 5.74) is 21.6. The van der Waals surface area contributed by atoms with Gasteiger partial charge in [-0.2, -0.15) is 0 Å². The summed E-state index contributed by atoms with van der Waals surface area (Å²) < 4.78 is 20.5. The molecule has 2 aliphatic heterocycles. The summed E-state index contributed by atoms with van der Waals surface area (Å²) >= 11 is 1.23. The average Bonchev–Trinajstić information content (AvgIpc) is 3.41. The van der Waals surface area contributed by atoms with E-state index in [-0.39, 0.29) is 19.5 Å². The molecule has 9 nitrogen and oxygen atoms in total. The molecule has 0 radical (unpaired) electrons. The number of anilines is 1. The van der Waals surface area contributed by atoms with Gasteiger partial charge in [0.1, 0.15) is 23.2 Å². The number of piperidine rings is 1. The number of nitrogens with one attached hydrogen (secondary N) is 1. The van der Waals surface area contributed by atoms with E-state index in [4.69, 9.17) is 21.9 Å². The monoisotopic (exact) mass is 615 g/mol. The van der Waals surface area contributed by atoms with Crippen LogP contribution < -0.4 is 27.3 Å². The Bertz CT molecular complexity index is 1670. The second kappa shape index (κ2) is 11.4. The molecule has 2 heterocycles. The number of alkyl halides is 1. The third-order valence-corrected chi connectivity index (χ3v) is 10.2. The van der Waals surface area contributed by atoms with E-state index < -0.39 is 52.6 Å². The number of carbonyl (C=O) groups is 3. The van der Waals surface area contributed by atoms with Gasteiger partial charge in [0.15, 0.2) is 5.78 Å². The van der Waals surface area contributed by atoms with Gasteiger partial charge in [-0.05, 0) is 65.6 Å². The summed E-state index contributed by atoms with van der Waals surface area (Å²) in [5, 5.41) is 2.10. The Hall–Kier alpha value is -4.19.